The van der Waals surface area contributed by atoms with Gasteiger partial charge >= 0.3 is 0 Å². The monoisotopic (exact) mass is 252 g/mol. The lowest BCUT2D eigenvalue weighted by Crippen LogP contribution is -1.88. The molecular weight excluding hydrogens is 224 g/mol. The van der Waals surface area contributed by atoms with Crippen LogP contribution < -0.4 is 0 Å². The van der Waals surface area contributed by atoms with Gasteiger partial charge in [0.05, 0.1) is 0 Å². The third-order valence-corrected chi connectivity index (χ3v) is 2.24. The highest BCUT2D eigenvalue weighted by atomic mass is 16.5. The van der Waals surface area contributed by atoms with Crippen LogP contribution in [0.15, 0.2) is 24.3 Å². The Labute approximate surface area is 112 Å². The molecule has 0 saturated carbocycles. The van der Waals surface area contributed by atoms with Crippen LogP contribution >= 0.6 is 0 Å². The fraction of sp³-hybridized carbons (Fsp3) is 0.562. The summed E-state index contributed by atoms with van der Waals surface area (Å²) in [6, 6.07) is 8.41. The Bertz CT molecular complexity index is 280. The van der Waals surface area contributed by atoms with Gasteiger partial charge in [0.1, 0.15) is 6.29 Å². The Morgan fingerprint density at radius 3 is 2.17 bits per heavy atom. The molecule has 0 spiro atoms. The second-order valence-electron chi connectivity index (χ2n) is 3.46. The molecule has 1 aromatic rings. The van der Waals surface area contributed by atoms with Crippen LogP contribution in [0.3, 0.4) is 0 Å². The van der Waals surface area contributed by atoms with E-state index in [9.17, 15) is 4.79 Å². The van der Waals surface area contributed by atoms with Crippen LogP contribution in [0.2, 0.25) is 0 Å². The van der Waals surface area contributed by atoms with E-state index in [2.05, 4.69) is 35.9 Å². The molecular formula is C16H28O2. The van der Waals surface area contributed by atoms with Crippen LogP contribution in [0, 0.1) is 0 Å². The maximum absolute atomic E-state index is 10.1. The Hall–Kier alpha value is -1.15. The highest BCUT2D eigenvalue weighted by molar-refractivity contribution is 5.50. The minimum absolute atomic E-state index is 0.632. The first-order valence-corrected chi connectivity index (χ1v) is 6.78. The minimum Gasteiger partial charge on any atom is -0.385 e. The van der Waals surface area contributed by atoms with Crippen molar-refractivity contribution >= 4 is 6.29 Å². The molecule has 0 saturated heterocycles. The zero-order chi connectivity index (χ0) is 14.2. The Kier molecular flexibility index (Phi) is 16.9. The summed E-state index contributed by atoms with van der Waals surface area (Å²) in [5.41, 5.74) is 2.61. The molecule has 0 atom stereocenters. The third-order valence-electron chi connectivity index (χ3n) is 2.24. The number of benzene rings is 1. The standard InChI is InChI=1S/C11H14O.C3H8O.C2H6/c1-2-10-5-3-6-11(9-10)7-4-8-12;1-3-4-2;1-2/h3,5-6,8-9H,2,4,7H2,1H3;3H2,1-2H3;1-2H3. The first kappa shape index (κ1) is 19.2. The van der Waals surface area contributed by atoms with Crippen molar-refractivity contribution in [1.82, 2.24) is 0 Å². The molecule has 104 valence electrons. The number of hydrogen-bond donors (Lipinski definition) is 0. The van der Waals surface area contributed by atoms with Gasteiger partial charge in [0.25, 0.3) is 0 Å². The van der Waals surface area contributed by atoms with E-state index in [0.29, 0.717) is 6.42 Å². The van der Waals surface area contributed by atoms with E-state index < -0.39 is 0 Å². The van der Waals surface area contributed by atoms with Gasteiger partial charge in [0, 0.05) is 20.1 Å². The molecule has 0 unspecified atom stereocenters. The van der Waals surface area contributed by atoms with Gasteiger partial charge in [0.2, 0.25) is 0 Å². The Balaban J connectivity index is 0. The van der Waals surface area contributed by atoms with Crippen molar-refractivity contribution in [2.75, 3.05) is 13.7 Å². The van der Waals surface area contributed by atoms with E-state index in [1.165, 1.54) is 11.1 Å². The highest BCUT2D eigenvalue weighted by Crippen LogP contribution is 2.07. The lowest BCUT2D eigenvalue weighted by atomic mass is 10.1. The minimum atomic E-state index is 0.632. The summed E-state index contributed by atoms with van der Waals surface area (Å²) in [5.74, 6) is 0. The molecule has 0 bridgehead atoms. The van der Waals surface area contributed by atoms with Gasteiger partial charge in [-0.3, -0.25) is 0 Å². The van der Waals surface area contributed by atoms with Gasteiger partial charge in [-0.05, 0) is 30.9 Å². The lowest BCUT2D eigenvalue weighted by molar-refractivity contribution is -0.107. The van der Waals surface area contributed by atoms with Crippen LogP contribution in [-0.4, -0.2) is 20.0 Å². The number of ether oxygens (including phenoxy) is 1. The zero-order valence-electron chi connectivity index (χ0n) is 12.5. The molecule has 0 N–H and O–H groups in total. The molecule has 18 heavy (non-hydrogen) atoms. The number of aldehydes is 1. The SMILES string of the molecule is CC.CCOC.CCc1cccc(CCC=O)c1. The van der Waals surface area contributed by atoms with E-state index in [4.69, 9.17) is 0 Å². The van der Waals surface area contributed by atoms with Crippen molar-refractivity contribution in [1.29, 1.82) is 0 Å². The first-order chi connectivity index (χ1) is 8.78. The summed E-state index contributed by atoms with van der Waals surface area (Å²) < 4.78 is 4.54. The largest absolute Gasteiger partial charge is 0.385 e. The summed E-state index contributed by atoms with van der Waals surface area (Å²) in [7, 11) is 1.68. The Morgan fingerprint density at radius 2 is 1.72 bits per heavy atom. The molecule has 2 heteroatoms. The van der Waals surface area contributed by atoms with Gasteiger partial charge in [-0.15, -0.1) is 0 Å². The first-order valence-electron chi connectivity index (χ1n) is 6.78. The molecule has 0 aromatic heterocycles. The van der Waals surface area contributed by atoms with Gasteiger partial charge < -0.3 is 9.53 Å². The van der Waals surface area contributed by atoms with Gasteiger partial charge in [-0.1, -0.05) is 45.0 Å². The van der Waals surface area contributed by atoms with Crippen LogP contribution in [0.4, 0.5) is 0 Å². The average Bonchev–Trinajstić information content (AvgIpc) is 2.47. The number of methoxy groups -OCH3 is 1. The number of carbonyl (C=O) groups is 1. The molecule has 0 heterocycles. The molecule has 1 aromatic carbocycles. The predicted octanol–water partition coefficient (Wildman–Crippen LogP) is 4.06. The van der Waals surface area contributed by atoms with Gasteiger partial charge in [0.15, 0.2) is 0 Å². The van der Waals surface area contributed by atoms with Gasteiger partial charge in [-0.2, -0.15) is 0 Å². The van der Waals surface area contributed by atoms with E-state index in [-0.39, 0.29) is 0 Å². The number of carbonyl (C=O) groups excluding carboxylic acids is 1. The van der Waals surface area contributed by atoms with Crippen molar-refractivity contribution < 1.29 is 9.53 Å². The number of hydrogen-bond acceptors (Lipinski definition) is 2. The number of rotatable bonds is 5. The molecule has 0 radical (unpaired) electrons. The average molecular weight is 252 g/mol. The fourth-order valence-electron chi connectivity index (χ4n) is 1.23. The van der Waals surface area contributed by atoms with Crippen molar-refractivity contribution in [2.45, 2.75) is 47.0 Å². The zero-order valence-corrected chi connectivity index (χ0v) is 12.5. The van der Waals surface area contributed by atoms with Crippen molar-refractivity contribution in [3.8, 4) is 0 Å². The summed E-state index contributed by atoms with van der Waals surface area (Å²) in [6.45, 7) is 8.92. The molecule has 0 aliphatic heterocycles. The van der Waals surface area contributed by atoms with Crippen molar-refractivity contribution in [3.63, 3.8) is 0 Å². The third kappa shape index (κ3) is 11.3. The molecule has 0 fully saturated rings. The smallest absolute Gasteiger partial charge is 0.120 e. The maximum Gasteiger partial charge on any atom is 0.120 e. The van der Waals surface area contributed by atoms with Crippen molar-refractivity contribution in [3.05, 3.63) is 35.4 Å². The predicted molar refractivity (Wildman–Crippen MR) is 79.1 cm³/mol. The second-order valence-corrected chi connectivity index (χ2v) is 3.46. The van der Waals surface area contributed by atoms with Crippen LogP contribution in [0.25, 0.3) is 0 Å². The normalized spacial score (nSPS) is 8.50. The van der Waals surface area contributed by atoms with Crippen LogP contribution in [0.1, 0.15) is 45.2 Å². The molecule has 1 rings (SSSR count). The molecule has 0 aliphatic carbocycles. The topological polar surface area (TPSA) is 26.3 Å². The quantitative estimate of drug-likeness (QED) is 0.739. The van der Waals surface area contributed by atoms with E-state index in [0.717, 1.165) is 25.7 Å². The van der Waals surface area contributed by atoms with Crippen LogP contribution in [0.5, 0.6) is 0 Å². The molecule has 0 amide bonds. The second kappa shape index (κ2) is 15.9. The summed E-state index contributed by atoms with van der Waals surface area (Å²) >= 11 is 0. The summed E-state index contributed by atoms with van der Waals surface area (Å²) in [6.07, 6.45) is 3.54. The maximum atomic E-state index is 10.1. The molecule has 0 aliphatic rings. The van der Waals surface area contributed by atoms with E-state index in [1.54, 1.807) is 7.11 Å². The fourth-order valence-corrected chi connectivity index (χ4v) is 1.23. The number of aryl methyl sites for hydroxylation is 2. The summed E-state index contributed by atoms with van der Waals surface area (Å²) in [5, 5.41) is 0. The van der Waals surface area contributed by atoms with E-state index >= 15 is 0 Å². The van der Waals surface area contributed by atoms with Crippen LogP contribution in [-0.2, 0) is 22.4 Å². The van der Waals surface area contributed by atoms with E-state index in [1.807, 2.05) is 20.8 Å². The summed E-state index contributed by atoms with van der Waals surface area (Å²) in [4.78, 5) is 10.1. The van der Waals surface area contributed by atoms with Crippen molar-refractivity contribution in [2.24, 2.45) is 0 Å². The van der Waals surface area contributed by atoms with Gasteiger partial charge in [-0.25, -0.2) is 0 Å². The molecule has 2 nitrogen and oxygen atoms in total. The lowest BCUT2D eigenvalue weighted by Gasteiger charge is -2.00. The highest BCUT2D eigenvalue weighted by Gasteiger charge is 1.93. The Morgan fingerprint density at radius 1 is 1.17 bits per heavy atom.